The van der Waals surface area contributed by atoms with Crippen LogP contribution in [0.25, 0.3) is 0 Å². The monoisotopic (exact) mass is 453 g/mol. The molecule has 0 bridgehead atoms. The molecule has 2 N–H and O–H groups in total. The SMILES string of the molecule is CC(C)OC(=O)N1C(C)CC(NNCF)C1COC1CCC2(c3ncc(F)cn3)CC2C1. The van der Waals surface area contributed by atoms with E-state index < -0.39 is 12.6 Å². The molecule has 1 amide bonds. The quantitative estimate of drug-likeness (QED) is 0.462. The van der Waals surface area contributed by atoms with Crippen LogP contribution in [0.1, 0.15) is 58.7 Å². The molecule has 2 aliphatic carbocycles. The van der Waals surface area contributed by atoms with E-state index >= 15 is 0 Å². The molecular weight excluding hydrogens is 420 g/mol. The van der Waals surface area contributed by atoms with Crippen molar-refractivity contribution in [3.05, 3.63) is 24.0 Å². The zero-order chi connectivity index (χ0) is 22.9. The summed E-state index contributed by atoms with van der Waals surface area (Å²) in [5, 5.41) is 0. The van der Waals surface area contributed by atoms with Crippen molar-refractivity contribution < 1.29 is 23.0 Å². The lowest BCUT2D eigenvalue weighted by atomic mass is 9.86. The molecule has 2 saturated carbocycles. The smallest absolute Gasteiger partial charge is 0.410 e. The van der Waals surface area contributed by atoms with Crippen LogP contribution >= 0.6 is 0 Å². The summed E-state index contributed by atoms with van der Waals surface area (Å²) in [6.45, 7) is 5.25. The number of amides is 1. The molecule has 1 aromatic rings. The summed E-state index contributed by atoms with van der Waals surface area (Å²) in [7, 11) is 0. The molecule has 8 nitrogen and oxygen atoms in total. The Balaban J connectivity index is 1.36. The maximum atomic E-state index is 13.2. The van der Waals surface area contributed by atoms with Gasteiger partial charge in [-0.3, -0.25) is 10.3 Å². The number of hydrogen-bond donors (Lipinski definition) is 2. The number of carbonyl (C=O) groups is 1. The van der Waals surface area contributed by atoms with Gasteiger partial charge in [0.1, 0.15) is 5.82 Å². The average Bonchev–Trinajstić information content (AvgIpc) is 3.40. The Bertz CT molecular complexity index is 798. The molecule has 3 fully saturated rings. The number of fused-ring (bicyclic) bond motifs is 1. The second-order valence-electron chi connectivity index (χ2n) is 9.56. The molecule has 4 rings (SSSR count). The second kappa shape index (κ2) is 9.52. The minimum absolute atomic E-state index is 0.0440. The minimum Gasteiger partial charge on any atom is -0.447 e. The summed E-state index contributed by atoms with van der Waals surface area (Å²) in [5.74, 6) is 0.741. The van der Waals surface area contributed by atoms with E-state index in [0.29, 0.717) is 18.9 Å². The first-order valence-electron chi connectivity index (χ1n) is 11.5. The first-order chi connectivity index (χ1) is 15.3. The number of halogens is 2. The van der Waals surface area contributed by atoms with Crippen molar-refractivity contribution in [2.75, 3.05) is 13.4 Å². The van der Waals surface area contributed by atoms with E-state index in [9.17, 15) is 13.6 Å². The lowest BCUT2D eigenvalue weighted by Crippen LogP contribution is -2.52. The minimum atomic E-state index is -0.702. The van der Waals surface area contributed by atoms with Crippen molar-refractivity contribution in [3.63, 3.8) is 0 Å². The maximum Gasteiger partial charge on any atom is 0.410 e. The number of nitrogens with zero attached hydrogens (tertiary/aromatic N) is 3. The topological polar surface area (TPSA) is 88.6 Å². The number of carbonyl (C=O) groups excluding carboxylic acids is 1. The van der Waals surface area contributed by atoms with Crippen LogP contribution in [0.4, 0.5) is 13.6 Å². The number of aromatic nitrogens is 2. The van der Waals surface area contributed by atoms with E-state index in [1.54, 1.807) is 4.90 Å². The molecule has 0 spiro atoms. The number of rotatable bonds is 8. The summed E-state index contributed by atoms with van der Waals surface area (Å²) in [6.07, 6.45) is 6.27. The van der Waals surface area contributed by atoms with Crippen molar-refractivity contribution in [3.8, 4) is 0 Å². The molecular formula is C22H33F2N5O3. The summed E-state index contributed by atoms with van der Waals surface area (Å²) in [5.41, 5.74) is 5.47. The first-order valence-corrected chi connectivity index (χ1v) is 11.5. The molecule has 1 aromatic heterocycles. The summed E-state index contributed by atoms with van der Waals surface area (Å²) >= 11 is 0. The third-order valence-electron chi connectivity index (χ3n) is 7.05. The predicted octanol–water partition coefficient (Wildman–Crippen LogP) is 2.84. The van der Waals surface area contributed by atoms with E-state index in [0.717, 1.165) is 31.5 Å². The van der Waals surface area contributed by atoms with Crippen LogP contribution in [0.2, 0.25) is 0 Å². The van der Waals surface area contributed by atoms with Gasteiger partial charge in [-0.1, -0.05) is 0 Å². The number of hydrogen-bond acceptors (Lipinski definition) is 7. The fourth-order valence-electron chi connectivity index (χ4n) is 5.45. The van der Waals surface area contributed by atoms with Crippen molar-refractivity contribution in [1.82, 2.24) is 25.7 Å². The van der Waals surface area contributed by atoms with Gasteiger partial charge in [0.2, 0.25) is 0 Å². The molecule has 3 aliphatic rings. The Morgan fingerprint density at radius 3 is 2.75 bits per heavy atom. The average molecular weight is 454 g/mol. The highest BCUT2D eigenvalue weighted by Crippen LogP contribution is 2.61. The molecule has 32 heavy (non-hydrogen) atoms. The largest absolute Gasteiger partial charge is 0.447 e. The molecule has 10 heteroatoms. The van der Waals surface area contributed by atoms with Gasteiger partial charge in [-0.15, -0.1) is 0 Å². The number of likely N-dealkylation sites (tertiary alicyclic amines) is 1. The fourth-order valence-corrected chi connectivity index (χ4v) is 5.45. The van der Waals surface area contributed by atoms with Gasteiger partial charge in [0.25, 0.3) is 0 Å². The molecule has 2 heterocycles. The normalized spacial score (nSPS) is 33.9. The van der Waals surface area contributed by atoms with E-state index in [1.807, 2.05) is 20.8 Å². The van der Waals surface area contributed by atoms with Gasteiger partial charge in [-0.2, -0.15) is 0 Å². The zero-order valence-electron chi connectivity index (χ0n) is 18.9. The van der Waals surface area contributed by atoms with Gasteiger partial charge < -0.3 is 9.47 Å². The molecule has 1 aliphatic heterocycles. The van der Waals surface area contributed by atoms with Crippen LogP contribution in [0.5, 0.6) is 0 Å². The van der Waals surface area contributed by atoms with E-state index in [4.69, 9.17) is 9.47 Å². The van der Waals surface area contributed by atoms with Crippen LogP contribution in [0, 0.1) is 11.7 Å². The van der Waals surface area contributed by atoms with Crippen LogP contribution in [-0.4, -0.2) is 64.7 Å². The van der Waals surface area contributed by atoms with Gasteiger partial charge in [0, 0.05) is 17.5 Å². The maximum absolute atomic E-state index is 13.2. The van der Waals surface area contributed by atoms with Crippen molar-refractivity contribution in [1.29, 1.82) is 0 Å². The molecule has 6 atom stereocenters. The van der Waals surface area contributed by atoms with Crippen LogP contribution in [-0.2, 0) is 14.9 Å². The lowest BCUT2D eigenvalue weighted by molar-refractivity contribution is -0.0165. The number of nitrogens with one attached hydrogen (secondary N) is 2. The highest BCUT2D eigenvalue weighted by atomic mass is 19.1. The van der Waals surface area contributed by atoms with Crippen molar-refractivity contribution in [2.24, 2.45) is 5.92 Å². The van der Waals surface area contributed by atoms with Gasteiger partial charge >= 0.3 is 6.09 Å². The van der Waals surface area contributed by atoms with Crippen molar-refractivity contribution in [2.45, 2.75) is 88.6 Å². The van der Waals surface area contributed by atoms with Crippen molar-refractivity contribution >= 4 is 6.09 Å². The Kier molecular flexibility index (Phi) is 6.92. The number of alkyl halides is 1. The lowest BCUT2D eigenvalue weighted by Gasteiger charge is -2.33. The first kappa shape index (κ1) is 23.3. The van der Waals surface area contributed by atoms with Crippen LogP contribution < -0.4 is 10.9 Å². The Morgan fingerprint density at radius 1 is 1.34 bits per heavy atom. The van der Waals surface area contributed by atoms with Gasteiger partial charge in [-0.25, -0.2) is 29.0 Å². The Morgan fingerprint density at radius 2 is 2.09 bits per heavy atom. The zero-order valence-corrected chi connectivity index (χ0v) is 18.9. The van der Waals surface area contributed by atoms with E-state index in [1.165, 1.54) is 12.4 Å². The predicted molar refractivity (Wildman–Crippen MR) is 113 cm³/mol. The highest BCUT2D eigenvalue weighted by Gasteiger charge is 2.60. The highest BCUT2D eigenvalue weighted by molar-refractivity contribution is 5.69. The Labute approximate surface area is 187 Å². The number of ether oxygens (including phenoxy) is 2. The van der Waals surface area contributed by atoms with E-state index in [-0.39, 0.29) is 41.8 Å². The van der Waals surface area contributed by atoms with Crippen LogP contribution in [0.15, 0.2) is 12.4 Å². The summed E-state index contributed by atoms with van der Waals surface area (Å²) < 4.78 is 37.6. The van der Waals surface area contributed by atoms with Gasteiger partial charge in [0.05, 0.1) is 37.3 Å². The second-order valence-corrected chi connectivity index (χ2v) is 9.56. The van der Waals surface area contributed by atoms with Gasteiger partial charge in [0.15, 0.2) is 12.6 Å². The standard InChI is InChI=1S/C22H33F2N5O3/c1-13(2)32-21(30)29-14(3)6-18(28-27-12-23)19(29)11-31-17-4-5-22(8-15(22)7-17)20-25-9-16(24)10-26-20/h9-10,13-15,17-19,27-28H,4-8,11-12H2,1-3H3. The van der Waals surface area contributed by atoms with Crippen LogP contribution in [0.3, 0.4) is 0 Å². The molecule has 0 aromatic carbocycles. The third kappa shape index (κ3) is 4.72. The molecule has 6 unspecified atom stereocenters. The molecule has 0 radical (unpaired) electrons. The van der Waals surface area contributed by atoms with Gasteiger partial charge in [-0.05, 0) is 58.8 Å². The summed E-state index contributed by atoms with van der Waals surface area (Å²) in [4.78, 5) is 22.9. The molecule has 178 valence electrons. The number of hydrazine groups is 1. The van der Waals surface area contributed by atoms with E-state index in [2.05, 4.69) is 20.8 Å². The third-order valence-corrected chi connectivity index (χ3v) is 7.05. The summed E-state index contributed by atoms with van der Waals surface area (Å²) in [6, 6.07) is -0.454. The fraction of sp³-hybridized carbons (Fsp3) is 0.773. The Hall–Kier alpha value is -1.91. The molecule has 1 saturated heterocycles.